The lowest BCUT2D eigenvalue weighted by molar-refractivity contribution is -0.128. The van der Waals surface area contributed by atoms with Crippen molar-refractivity contribution < 1.29 is 9.18 Å². The summed E-state index contributed by atoms with van der Waals surface area (Å²) in [6.07, 6.45) is 0. The highest BCUT2D eigenvalue weighted by molar-refractivity contribution is 7.99. The fourth-order valence-electron chi connectivity index (χ4n) is 3.52. The Kier molecular flexibility index (Phi) is 5.48. The number of pyridine rings is 1. The van der Waals surface area contributed by atoms with Crippen molar-refractivity contribution in [3.8, 4) is 0 Å². The topological polar surface area (TPSA) is 36.4 Å². The van der Waals surface area contributed by atoms with Crippen LogP contribution in [0.4, 0.5) is 10.1 Å². The zero-order valence-corrected chi connectivity index (χ0v) is 16.6. The third-order valence-electron chi connectivity index (χ3n) is 5.07. The first-order chi connectivity index (χ1) is 13.6. The second kappa shape index (κ2) is 8.19. The van der Waals surface area contributed by atoms with Crippen LogP contribution in [0, 0.1) is 12.7 Å². The van der Waals surface area contributed by atoms with E-state index in [0.29, 0.717) is 37.6 Å². The summed E-state index contributed by atoms with van der Waals surface area (Å²) in [4.78, 5) is 21.1. The Labute approximate surface area is 168 Å². The number of amides is 1. The van der Waals surface area contributed by atoms with Gasteiger partial charge < -0.3 is 9.80 Å². The van der Waals surface area contributed by atoms with Crippen LogP contribution in [0.3, 0.4) is 0 Å². The molecule has 0 aliphatic carbocycles. The summed E-state index contributed by atoms with van der Waals surface area (Å²) >= 11 is 1.47. The minimum absolute atomic E-state index is 0.103. The van der Waals surface area contributed by atoms with Crippen LogP contribution >= 0.6 is 11.8 Å². The van der Waals surface area contributed by atoms with Crippen LogP contribution in [0.15, 0.2) is 59.6 Å². The Morgan fingerprint density at radius 1 is 1.07 bits per heavy atom. The first-order valence-corrected chi connectivity index (χ1v) is 10.4. The Balaban J connectivity index is 1.35. The smallest absolute Gasteiger partial charge is 0.233 e. The van der Waals surface area contributed by atoms with Crippen molar-refractivity contribution >= 4 is 34.3 Å². The molecule has 1 fully saturated rings. The zero-order valence-electron chi connectivity index (χ0n) is 15.8. The molecule has 4 rings (SSSR count). The molecule has 0 unspecified atom stereocenters. The highest BCUT2D eigenvalue weighted by atomic mass is 32.2. The van der Waals surface area contributed by atoms with Gasteiger partial charge in [-0.2, -0.15) is 0 Å². The molecule has 1 amide bonds. The number of nitrogens with zero attached hydrogens (tertiary/aromatic N) is 3. The van der Waals surface area contributed by atoms with E-state index in [1.165, 1.54) is 23.4 Å². The average Bonchev–Trinajstić information content (AvgIpc) is 2.73. The molecule has 1 aromatic heterocycles. The Morgan fingerprint density at radius 2 is 1.79 bits per heavy atom. The number of carbonyl (C=O) groups is 1. The summed E-state index contributed by atoms with van der Waals surface area (Å²) < 4.78 is 13.9. The first kappa shape index (κ1) is 18.7. The van der Waals surface area contributed by atoms with Gasteiger partial charge in [0.15, 0.2) is 0 Å². The van der Waals surface area contributed by atoms with Crippen LogP contribution < -0.4 is 4.90 Å². The van der Waals surface area contributed by atoms with Gasteiger partial charge in [0.1, 0.15) is 5.82 Å². The van der Waals surface area contributed by atoms with Gasteiger partial charge in [-0.15, -0.1) is 0 Å². The lowest BCUT2D eigenvalue weighted by atomic mass is 10.1. The number of aryl methyl sites for hydroxylation is 1. The standard InChI is InChI=1S/C22H22FN3OS/c1-16-14-21(24-19-8-4-2-6-17(16)19)28-15-22(27)26-12-10-25(11-13-26)20-9-5-3-7-18(20)23/h2-9,14H,10-13,15H2,1H3. The van der Waals surface area contributed by atoms with E-state index in [0.717, 1.165) is 15.9 Å². The number of hydrogen-bond acceptors (Lipinski definition) is 4. The van der Waals surface area contributed by atoms with E-state index in [4.69, 9.17) is 0 Å². The fourth-order valence-corrected chi connectivity index (χ4v) is 4.40. The number of aromatic nitrogens is 1. The number of fused-ring (bicyclic) bond motifs is 1. The van der Waals surface area contributed by atoms with Gasteiger partial charge in [-0.25, -0.2) is 9.37 Å². The van der Waals surface area contributed by atoms with Gasteiger partial charge >= 0.3 is 0 Å². The molecule has 0 atom stereocenters. The van der Waals surface area contributed by atoms with Gasteiger partial charge in [-0.1, -0.05) is 42.1 Å². The number of hydrogen-bond donors (Lipinski definition) is 0. The molecule has 2 aromatic carbocycles. The molecule has 0 bridgehead atoms. The molecule has 4 nitrogen and oxygen atoms in total. The molecule has 6 heteroatoms. The van der Waals surface area contributed by atoms with Crippen LogP contribution in [0.1, 0.15) is 5.56 Å². The number of benzene rings is 2. The zero-order chi connectivity index (χ0) is 19.5. The number of thioether (sulfide) groups is 1. The van der Waals surface area contributed by atoms with Crippen LogP contribution in [-0.2, 0) is 4.79 Å². The molecule has 2 heterocycles. The Bertz CT molecular complexity index is 1000. The molecule has 0 saturated carbocycles. The predicted octanol–water partition coefficient (Wildman–Crippen LogP) is 4.12. The van der Waals surface area contributed by atoms with Gasteiger partial charge in [0, 0.05) is 31.6 Å². The second-order valence-electron chi connectivity index (χ2n) is 6.90. The molecular formula is C22H22FN3OS. The van der Waals surface area contributed by atoms with Gasteiger partial charge in [-0.05, 0) is 36.8 Å². The number of para-hydroxylation sites is 2. The fraction of sp³-hybridized carbons (Fsp3) is 0.273. The monoisotopic (exact) mass is 395 g/mol. The molecule has 144 valence electrons. The third-order valence-corrected chi connectivity index (χ3v) is 5.96. The van der Waals surface area contributed by atoms with E-state index >= 15 is 0 Å². The van der Waals surface area contributed by atoms with Gasteiger partial charge in [0.2, 0.25) is 5.91 Å². The molecule has 28 heavy (non-hydrogen) atoms. The molecule has 0 spiro atoms. The van der Waals surface area contributed by atoms with Crippen LogP contribution in [0.25, 0.3) is 10.9 Å². The lowest BCUT2D eigenvalue weighted by Crippen LogP contribution is -2.49. The minimum Gasteiger partial charge on any atom is -0.366 e. The van der Waals surface area contributed by atoms with Crippen molar-refractivity contribution in [1.82, 2.24) is 9.88 Å². The van der Waals surface area contributed by atoms with Crippen molar-refractivity contribution in [2.75, 3.05) is 36.8 Å². The van der Waals surface area contributed by atoms with E-state index in [1.54, 1.807) is 12.1 Å². The van der Waals surface area contributed by atoms with Gasteiger partial charge in [-0.3, -0.25) is 4.79 Å². The molecule has 1 aliphatic heterocycles. The number of halogens is 1. The molecule has 0 N–H and O–H groups in total. The van der Waals surface area contributed by atoms with E-state index in [2.05, 4.69) is 18.0 Å². The predicted molar refractivity (Wildman–Crippen MR) is 112 cm³/mol. The number of anilines is 1. The minimum atomic E-state index is -0.212. The van der Waals surface area contributed by atoms with Crippen molar-refractivity contribution in [2.24, 2.45) is 0 Å². The maximum atomic E-state index is 13.9. The van der Waals surface area contributed by atoms with Crippen LogP contribution in [0.5, 0.6) is 0 Å². The van der Waals surface area contributed by atoms with Gasteiger partial charge in [0.05, 0.1) is 22.0 Å². The van der Waals surface area contributed by atoms with E-state index < -0.39 is 0 Å². The third kappa shape index (κ3) is 3.97. The Hall–Kier alpha value is -2.60. The molecule has 1 aliphatic rings. The highest BCUT2D eigenvalue weighted by Crippen LogP contribution is 2.24. The Morgan fingerprint density at radius 3 is 2.57 bits per heavy atom. The van der Waals surface area contributed by atoms with Crippen molar-refractivity contribution in [2.45, 2.75) is 11.9 Å². The van der Waals surface area contributed by atoms with Crippen LogP contribution in [0.2, 0.25) is 0 Å². The average molecular weight is 396 g/mol. The van der Waals surface area contributed by atoms with E-state index in [9.17, 15) is 9.18 Å². The van der Waals surface area contributed by atoms with Gasteiger partial charge in [0.25, 0.3) is 0 Å². The number of piperazine rings is 1. The summed E-state index contributed by atoms with van der Waals surface area (Å²) in [6, 6.07) is 16.9. The summed E-state index contributed by atoms with van der Waals surface area (Å²) in [7, 11) is 0. The van der Waals surface area contributed by atoms with Crippen molar-refractivity contribution in [3.63, 3.8) is 0 Å². The number of carbonyl (C=O) groups excluding carboxylic acids is 1. The molecule has 0 radical (unpaired) electrons. The second-order valence-corrected chi connectivity index (χ2v) is 7.90. The SMILES string of the molecule is Cc1cc(SCC(=O)N2CCN(c3ccccc3F)CC2)nc2ccccc12. The maximum absolute atomic E-state index is 13.9. The van der Waals surface area contributed by atoms with E-state index in [-0.39, 0.29) is 11.7 Å². The highest BCUT2D eigenvalue weighted by Gasteiger charge is 2.22. The summed E-state index contributed by atoms with van der Waals surface area (Å²) in [5, 5.41) is 2.01. The normalized spacial score (nSPS) is 14.5. The van der Waals surface area contributed by atoms with E-state index in [1.807, 2.05) is 40.1 Å². The molecule has 1 saturated heterocycles. The number of rotatable bonds is 4. The quantitative estimate of drug-likeness (QED) is 0.623. The van der Waals surface area contributed by atoms with Crippen molar-refractivity contribution in [3.05, 3.63) is 66.0 Å². The van der Waals surface area contributed by atoms with Crippen molar-refractivity contribution in [1.29, 1.82) is 0 Å². The molecule has 3 aromatic rings. The maximum Gasteiger partial charge on any atom is 0.233 e. The first-order valence-electron chi connectivity index (χ1n) is 9.38. The van der Waals surface area contributed by atoms with Crippen LogP contribution in [-0.4, -0.2) is 47.7 Å². The lowest BCUT2D eigenvalue weighted by Gasteiger charge is -2.36. The summed E-state index contributed by atoms with van der Waals surface area (Å²) in [5.41, 5.74) is 2.73. The largest absolute Gasteiger partial charge is 0.366 e. The summed E-state index contributed by atoms with van der Waals surface area (Å²) in [5.74, 6) is 0.256. The summed E-state index contributed by atoms with van der Waals surface area (Å²) in [6.45, 7) is 4.57. The molecular weight excluding hydrogens is 373 g/mol.